The molecule has 0 amide bonds. The number of aromatic nitrogens is 1. The predicted octanol–water partition coefficient (Wildman–Crippen LogP) is 3.97. The van der Waals surface area contributed by atoms with Crippen molar-refractivity contribution in [1.82, 2.24) is 4.98 Å². The number of rotatable bonds is 2. The Balaban J connectivity index is 2.39. The molecule has 2 aromatic carbocycles. The van der Waals surface area contributed by atoms with E-state index in [-0.39, 0.29) is 0 Å². The van der Waals surface area contributed by atoms with E-state index < -0.39 is 0 Å². The fourth-order valence-electron chi connectivity index (χ4n) is 2.02. The lowest BCUT2D eigenvalue weighted by Crippen LogP contribution is -1.89. The van der Waals surface area contributed by atoms with Gasteiger partial charge in [0.25, 0.3) is 0 Å². The van der Waals surface area contributed by atoms with Crippen LogP contribution in [0.25, 0.3) is 22.0 Å². The average molecular weight is 241 g/mol. The van der Waals surface area contributed by atoms with Crippen LogP contribution < -0.4 is 4.74 Å². The zero-order chi connectivity index (χ0) is 11.7. The molecule has 3 aromatic rings. The number of hydrogen-bond donors (Lipinski definition) is 0. The van der Waals surface area contributed by atoms with Crippen LogP contribution in [0.2, 0.25) is 0 Å². The highest BCUT2D eigenvalue weighted by atomic mass is 32.1. The number of hydrogen-bond acceptors (Lipinski definition) is 3. The molecule has 0 aliphatic rings. The summed E-state index contributed by atoms with van der Waals surface area (Å²) in [7, 11) is 1.69. The second kappa shape index (κ2) is 4.18. The van der Waals surface area contributed by atoms with Gasteiger partial charge in [-0.15, -0.1) is 11.3 Å². The van der Waals surface area contributed by atoms with E-state index in [1.54, 1.807) is 18.4 Å². The summed E-state index contributed by atoms with van der Waals surface area (Å²) in [5.41, 5.74) is 3.90. The normalized spacial score (nSPS) is 10.6. The fourth-order valence-corrected chi connectivity index (χ4v) is 2.56. The highest BCUT2D eigenvalue weighted by Gasteiger charge is 2.11. The van der Waals surface area contributed by atoms with E-state index in [0.717, 1.165) is 17.0 Å². The summed E-state index contributed by atoms with van der Waals surface area (Å²) >= 11 is 1.60. The van der Waals surface area contributed by atoms with Gasteiger partial charge in [0.2, 0.25) is 0 Å². The topological polar surface area (TPSA) is 22.1 Å². The van der Waals surface area contributed by atoms with Gasteiger partial charge in [-0.1, -0.05) is 30.3 Å². The Labute approximate surface area is 104 Å². The molecule has 0 atom stereocenters. The van der Waals surface area contributed by atoms with Crippen LogP contribution >= 0.6 is 11.3 Å². The summed E-state index contributed by atoms with van der Waals surface area (Å²) in [4.78, 5) is 4.38. The van der Waals surface area contributed by atoms with Crippen LogP contribution in [-0.2, 0) is 0 Å². The molecule has 0 fully saturated rings. The second-order valence-electron chi connectivity index (χ2n) is 3.74. The summed E-state index contributed by atoms with van der Waals surface area (Å²) in [6.45, 7) is 0. The Morgan fingerprint density at radius 2 is 2.00 bits per heavy atom. The highest BCUT2D eigenvalue weighted by molar-refractivity contribution is 7.07. The van der Waals surface area contributed by atoms with E-state index in [1.807, 2.05) is 29.1 Å². The maximum absolute atomic E-state index is 5.44. The molecule has 0 spiro atoms. The number of methoxy groups -OCH3 is 1. The van der Waals surface area contributed by atoms with Crippen LogP contribution in [0.5, 0.6) is 5.75 Å². The summed E-state index contributed by atoms with van der Waals surface area (Å²) < 4.78 is 5.44. The smallest absolute Gasteiger partial charge is 0.128 e. The summed E-state index contributed by atoms with van der Waals surface area (Å²) in [5, 5.41) is 4.43. The number of thiazole rings is 1. The molecule has 1 aromatic heterocycles. The Kier molecular flexibility index (Phi) is 2.53. The molecule has 84 valence electrons. The minimum absolute atomic E-state index is 0.870. The Morgan fingerprint density at radius 3 is 2.76 bits per heavy atom. The molecule has 0 aliphatic carbocycles. The molecule has 0 saturated heterocycles. The summed E-state index contributed by atoms with van der Waals surface area (Å²) in [6.07, 6.45) is 0. The molecule has 0 unspecified atom stereocenters. The minimum Gasteiger partial charge on any atom is -0.496 e. The lowest BCUT2D eigenvalue weighted by molar-refractivity contribution is 0.417. The van der Waals surface area contributed by atoms with Crippen molar-refractivity contribution in [1.29, 1.82) is 0 Å². The van der Waals surface area contributed by atoms with Crippen LogP contribution in [-0.4, -0.2) is 12.1 Å². The summed E-state index contributed by atoms with van der Waals surface area (Å²) in [5.74, 6) is 0.870. The monoisotopic (exact) mass is 241 g/mol. The molecular weight excluding hydrogens is 230 g/mol. The molecule has 3 heteroatoms. The van der Waals surface area contributed by atoms with E-state index in [4.69, 9.17) is 4.74 Å². The third-order valence-electron chi connectivity index (χ3n) is 2.80. The molecule has 0 aliphatic heterocycles. The maximum atomic E-state index is 5.44. The quantitative estimate of drug-likeness (QED) is 0.677. The van der Waals surface area contributed by atoms with Gasteiger partial charge in [0, 0.05) is 5.38 Å². The Morgan fingerprint density at radius 1 is 1.12 bits per heavy atom. The van der Waals surface area contributed by atoms with Gasteiger partial charge in [-0.3, -0.25) is 0 Å². The zero-order valence-corrected chi connectivity index (χ0v) is 10.2. The van der Waals surface area contributed by atoms with Crippen molar-refractivity contribution in [3.63, 3.8) is 0 Å². The van der Waals surface area contributed by atoms with Gasteiger partial charge in [0.15, 0.2) is 0 Å². The SMILES string of the molecule is COc1ccc2ccccc2c1-c1cscn1. The average Bonchev–Trinajstić information content (AvgIpc) is 2.91. The standard InChI is InChI=1S/C14H11NOS/c1-16-13-7-6-10-4-2-3-5-11(10)14(13)12-8-17-9-15-12/h2-9H,1H3. The molecule has 0 radical (unpaired) electrons. The molecule has 2 nitrogen and oxygen atoms in total. The molecule has 17 heavy (non-hydrogen) atoms. The molecular formula is C14H11NOS. The van der Waals surface area contributed by atoms with Gasteiger partial charge in [0.1, 0.15) is 5.75 Å². The van der Waals surface area contributed by atoms with E-state index in [0.29, 0.717) is 0 Å². The van der Waals surface area contributed by atoms with E-state index >= 15 is 0 Å². The number of nitrogens with zero attached hydrogens (tertiary/aromatic N) is 1. The van der Waals surface area contributed by atoms with Crippen molar-refractivity contribution in [2.45, 2.75) is 0 Å². The van der Waals surface area contributed by atoms with Gasteiger partial charge < -0.3 is 4.74 Å². The van der Waals surface area contributed by atoms with Crippen molar-refractivity contribution in [2.75, 3.05) is 7.11 Å². The Bertz CT molecular complexity index is 646. The lowest BCUT2D eigenvalue weighted by Gasteiger charge is -2.09. The van der Waals surface area contributed by atoms with Crippen LogP contribution in [0.15, 0.2) is 47.3 Å². The van der Waals surface area contributed by atoms with E-state index in [1.165, 1.54) is 10.8 Å². The summed E-state index contributed by atoms with van der Waals surface area (Å²) in [6, 6.07) is 12.4. The van der Waals surface area contributed by atoms with Crippen molar-refractivity contribution in [2.24, 2.45) is 0 Å². The first kappa shape index (κ1) is 10.3. The van der Waals surface area contributed by atoms with Gasteiger partial charge >= 0.3 is 0 Å². The van der Waals surface area contributed by atoms with Gasteiger partial charge in [-0.05, 0) is 16.8 Å². The van der Waals surface area contributed by atoms with Crippen molar-refractivity contribution < 1.29 is 4.74 Å². The third kappa shape index (κ3) is 1.68. The first-order valence-electron chi connectivity index (χ1n) is 5.34. The number of benzene rings is 2. The molecule has 0 bridgehead atoms. The second-order valence-corrected chi connectivity index (χ2v) is 4.46. The van der Waals surface area contributed by atoms with Crippen LogP contribution in [0, 0.1) is 0 Å². The van der Waals surface area contributed by atoms with Crippen LogP contribution in [0.3, 0.4) is 0 Å². The van der Waals surface area contributed by atoms with Crippen molar-refractivity contribution >= 4 is 22.1 Å². The fraction of sp³-hybridized carbons (Fsp3) is 0.0714. The third-order valence-corrected chi connectivity index (χ3v) is 3.39. The maximum Gasteiger partial charge on any atom is 0.128 e. The van der Waals surface area contributed by atoms with Crippen molar-refractivity contribution in [3.05, 3.63) is 47.3 Å². The molecule has 1 heterocycles. The zero-order valence-electron chi connectivity index (χ0n) is 9.38. The van der Waals surface area contributed by atoms with Crippen molar-refractivity contribution in [3.8, 4) is 17.0 Å². The van der Waals surface area contributed by atoms with Crippen LogP contribution in [0.1, 0.15) is 0 Å². The molecule has 0 saturated carbocycles. The van der Waals surface area contributed by atoms with Gasteiger partial charge in [-0.25, -0.2) is 4.98 Å². The predicted molar refractivity (Wildman–Crippen MR) is 71.6 cm³/mol. The number of ether oxygens (including phenoxy) is 1. The van der Waals surface area contributed by atoms with Crippen LogP contribution in [0.4, 0.5) is 0 Å². The Hall–Kier alpha value is -1.87. The largest absolute Gasteiger partial charge is 0.496 e. The lowest BCUT2D eigenvalue weighted by atomic mass is 10.0. The highest BCUT2D eigenvalue weighted by Crippen LogP contribution is 2.36. The molecule has 3 rings (SSSR count). The van der Waals surface area contributed by atoms with Gasteiger partial charge in [0.05, 0.1) is 23.9 Å². The first-order valence-corrected chi connectivity index (χ1v) is 6.29. The minimum atomic E-state index is 0.870. The first-order chi connectivity index (χ1) is 8.40. The van der Waals surface area contributed by atoms with Gasteiger partial charge in [-0.2, -0.15) is 0 Å². The molecule has 0 N–H and O–H groups in total. The van der Waals surface area contributed by atoms with E-state index in [2.05, 4.69) is 23.2 Å². The number of fused-ring (bicyclic) bond motifs is 1. The van der Waals surface area contributed by atoms with E-state index in [9.17, 15) is 0 Å².